The predicted octanol–water partition coefficient (Wildman–Crippen LogP) is 1.07. The third-order valence-electron chi connectivity index (χ3n) is 3.00. The van der Waals surface area contributed by atoms with Gasteiger partial charge in [0.1, 0.15) is 0 Å². The Morgan fingerprint density at radius 2 is 1.89 bits per heavy atom. The normalized spacial score (nSPS) is 15.8. The quantitative estimate of drug-likeness (QED) is 0.489. The second-order valence-electron chi connectivity index (χ2n) is 4.51. The molecule has 1 saturated heterocycles. The van der Waals surface area contributed by atoms with Crippen LogP contribution < -0.4 is 5.43 Å². The largest absolute Gasteiger partial charge is 0.294 e. The summed E-state index contributed by atoms with van der Waals surface area (Å²) in [6.45, 7) is 2.26. The van der Waals surface area contributed by atoms with Crippen molar-refractivity contribution in [3.63, 3.8) is 0 Å². The molecule has 1 N–H and O–H groups in total. The van der Waals surface area contributed by atoms with Crippen LogP contribution >= 0.6 is 0 Å². The average Bonchev–Trinajstić information content (AvgIpc) is 2.92. The van der Waals surface area contributed by atoms with Gasteiger partial charge >= 0.3 is 0 Å². The van der Waals surface area contributed by atoms with Crippen molar-refractivity contribution in [3.8, 4) is 0 Å². The minimum atomic E-state index is -0.220. The maximum absolute atomic E-state index is 11.7. The van der Waals surface area contributed by atoms with Crippen LogP contribution in [0.25, 0.3) is 0 Å². The Morgan fingerprint density at radius 1 is 1.21 bits per heavy atom. The van der Waals surface area contributed by atoms with Gasteiger partial charge in [0.2, 0.25) is 5.78 Å². The Balaban J connectivity index is 1.76. The van der Waals surface area contributed by atoms with Crippen molar-refractivity contribution in [2.24, 2.45) is 5.10 Å². The van der Waals surface area contributed by atoms with Crippen LogP contribution in [0.1, 0.15) is 23.2 Å². The fourth-order valence-corrected chi connectivity index (χ4v) is 2.02. The third kappa shape index (κ3) is 4.30. The molecule has 1 heterocycles. The summed E-state index contributed by atoms with van der Waals surface area (Å²) in [7, 11) is 0. The van der Waals surface area contributed by atoms with E-state index in [1.165, 1.54) is 0 Å². The summed E-state index contributed by atoms with van der Waals surface area (Å²) in [5, 5.41) is 3.69. The lowest BCUT2D eigenvalue weighted by atomic mass is 10.1. The van der Waals surface area contributed by atoms with Gasteiger partial charge in [-0.05, 0) is 25.9 Å². The maximum atomic E-state index is 11.7. The van der Waals surface area contributed by atoms with Gasteiger partial charge in [-0.2, -0.15) is 5.10 Å². The molecular weight excluding hydrogens is 242 g/mol. The number of hydrazone groups is 1. The van der Waals surface area contributed by atoms with E-state index in [9.17, 15) is 9.59 Å². The van der Waals surface area contributed by atoms with Crippen molar-refractivity contribution in [2.75, 3.05) is 19.6 Å². The molecule has 0 saturated carbocycles. The first-order valence-electron chi connectivity index (χ1n) is 6.39. The zero-order chi connectivity index (χ0) is 13.5. The topological polar surface area (TPSA) is 61.8 Å². The second-order valence-corrected chi connectivity index (χ2v) is 4.51. The number of hydrogen-bond acceptors (Lipinski definition) is 4. The summed E-state index contributed by atoms with van der Waals surface area (Å²) in [6, 6.07) is 8.83. The summed E-state index contributed by atoms with van der Waals surface area (Å²) in [6.07, 6.45) is 3.42. The van der Waals surface area contributed by atoms with E-state index in [0.717, 1.165) is 32.1 Å². The molecule has 5 heteroatoms. The highest BCUT2D eigenvalue weighted by Crippen LogP contribution is 2.05. The molecule has 1 fully saturated rings. The van der Waals surface area contributed by atoms with E-state index < -0.39 is 0 Å². The van der Waals surface area contributed by atoms with Gasteiger partial charge in [0.25, 0.3) is 5.91 Å². The van der Waals surface area contributed by atoms with Gasteiger partial charge in [-0.3, -0.25) is 14.5 Å². The minimum Gasteiger partial charge on any atom is -0.294 e. The number of Topliss-reactive ketones (excluding diaryl/α,β-unsaturated/α-hetero) is 1. The number of rotatable bonds is 5. The van der Waals surface area contributed by atoms with Gasteiger partial charge < -0.3 is 0 Å². The third-order valence-corrected chi connectivity index (χ3v) is 3.00. The van der Waals surface area contributed by atoms with Crippen LogP contribution in [0.5, 0.6) is 0 Å². The molecule has 1 aliphatic heterocycles. The van der Waals surface area contributed by atoms with Gasteiger partial charge in [-0.1, -0.05) is 30.3 Å². The van der Waals surface area contributed by atoms with Gasteiger partial charge in [-0.25, -0.2) is 5.43 Å². The zero-order valence-corrected chi connectivity index (χ0v) is 10.7. The molecule has 0 aromatic heterocycles. The molecular formula is C14H17N3O2. The van der Waals surface area contributed by atoms with Crippen LogP contribution in [0.4, 0.5) is 0 Å². The molecule has 0 spiro atoms. The van der Waals surface area contributed by atoms with E-state index in [0.29, 0.717) is 12.1 Å². The number of likely N-dealkylation sites (tertiary alicyclic amines) is 1. The fraction of sp³-hybridized carbons (Fsp3) is 0.357. The molecule has 0 bridgehead atoms. The van der Waals surface area contributed by atoms with Crippen LogP contribution in [-0.2, 0) is 4.79 Å². The van der Waals surface area contributed by atoms with Crippen molar-refractivity contribution in [1.82, 2.24) is 10.3 Å². The molecule has 19 heavy (non-hydrogen) atoms. The van der Waals surface area contributed by atoms with Gasteiger partial charge in [0.05, 0.1) is 12.8 Å². The number of carbonyl (C=O) groups is 2. The van der Waals surface area contributed by atoms with Gasteiger partial charge in [0.15, 0.2) is 0 Å². The number of hydrogen-bond donors (Lipinski definition) is 1. The number of ketones is 1. The highest BCUT2D eigenvalue weighted by Gasteiger charge is 2.14. The molecule has 0 aliphatic carbocycles. The summed E-state index contributed by atoms with van der Waals surface area (Å²) >= 11 is 0. The number of amides is 1. The lowest BCUT2D eigenvalue weighted by molar-refractivity contribution is -0.121. The molecule has 5 nitrogen and oxygen atoms in total. The van der Waals surface area contributed by atoms with Crippen molar-refractivity contribution in [3.05, 3.63) is 35.9 Å². The van der Waals surface area contributed by atoms with Crippen molar-refractivity contribution in [2.45, 2.75) is 12.8 Å². The minimum absolute atomic E-state index is 0.181. The first kappa shape index (κ1) is 13.4. The van der Waals surface area contributed by atoms with Crippen LogP contribution in [-0.4, -0.2) is 42.4 Å². The molecule has 0 unspecified atom stereocenters. The second kappa shape index (κ2) is 6.80. The summed E-state index contributed by atoms with van der Waals surface area (Å²) < 4.78 is 0. The Hall–Kier alpha value is -2.01. The smallest absolute Gasteiger partial charge is 0.254 e. The van der Waals surface area contributed by atoms with Crippen LogP contribution in [0, 0.1) is 0 Å². The SMILES string of the molecule is O=C(CN1CCCC1)N/N=C\C(=O)c1ccccc1. The first-order valence-corrected chi connectivity index (χ1v) is 6.39. The molecule has 0 atom stereocenters. The summed E-state index contributed by atoms with van der Waals surface area (Å²) in [4.78, 5) is 25.3. The molecule has 1 amide bonds. The van der Waals surface area contributed by atoms with E-state index in [1.54, 1.807) is 24.3 Å². The van der Waals surface area contributed by atoms with Gasteiger partial charge in [0, 0.05) is 5.56 Å². The molecule has 1 aromatic rings. The van der Waals surface area contributed by atoms with Crippen molar-refractivity contribution >= 4 is 17.9 Å². The number of nitrogens with zero attached hydrogens (tertiary/aromatic N) is 2. The molecule has 1 aromatic carbocycles. The molecule has 100 valence electrons. The monoisotopic (exact) mass is 259 g/mol. The van der Waals surface area contributed by atoms with Crippen molar-refractivity contribution in [1.29, 1.82) is 0 Å². The number of carbonyl (C=O) groups excluding carboxylic acids is 2. The van der Waals surface area contributed by atoms with Crippen molar-refractivity contribution < 1.29 is 9.59 Å². The average molecular weight is 259 g/mol. The number of benzene rings is 1. The van der Waals surface area contributed by atoms with Gasteiger partial charge in [-0.15, -0.1) is 0 Å². The van der Waals surface area contributed by atoms with E-state index in [-0.39, 0.29) is 11.7 Å². The van der Waals surface area contributed by atoms with E-state index >= 15 is 0 Å². The molecule has 1 aliphatic rings. The van der Waals surface area contributed by atoms with Crippen LogP contribution in [0.2, 0.25) is 0 Å². The highest BCUT2D eigenvalue weighted by molar-refractivity contribution is 6.35. The summed E-state index contributed by atoms with van der Waals surface area (Å²) in [5.74, 6) is -0.402. The lowest BCUT2D eigenvalue weighted by Gasteiger charge is -2.11. The predicted molar refractivity (Wildman–Crippen MR) is 73.1 cm³/mol. The molecule has 0 radical (unpaired) electrons. The van der Waals surface area contributed by atoms with Crippen LogP contribution in [0.15, 0.2) is 35.4 Å². The molecule has 2 rings (SSSR count). The maximum Gasteiger partial charge on any atom is 0.254 e. The summed E-state index contributed by atoms with van der Waals surface area (Å²) in [5.41, 5.74) is 2.93. The van der Waals surface area contributed by atoms with E-state index in [1.807, 2.05) is 6.07 Å². The zero-order valence-electron chi connectivity index (χ0n) is 10.7. The van der Waals surface area contributed by atoms with Crippen LogP contribution in [0.3, 0.4) is 0 Å². The standard InChI is InChI=1S/C14H17N3O2/c18-13(12-6-2-1-3-7-12)10-15-16-14(19)11-17-8-4-5-9-17/h1-3,6-7,10H,4-5,8-9,11H2,(H,16,19)/b15-10-. The Bertz CT molecular complexity index is 465. The van der Waals surface area contributed by atoms with E-state index in [2.05, 4.69) is 15.4 Å². The first-order chi connectivity index (χ1) is 9.25. The number of nitrogens with one attached hydrogen (secondary N) is 1. The lowest BCUT2D eigenvalue weighted by Crippen LogP contribution is -2.33. The highest BCUT2D eigenvalue weighted by atomic mass is 16.2. The Labute approximate surface area is 112 Å². The fourth-order valence-electron chi connectivity index (χ4n) is 2.02. The Morgan fingerprint density at radius 3 is 2.58 bits per heavy atom. The van der Waals surface area contributed by atoms with E-state index in [4.69, 9.17) is 0 Å². The Kier molecular flexibility index (Phi) is 4.80.